The van der Waals surface area contributed by atoms with Gasteiger partial charge in [0.1, 0.15) is 11.7 Å². The lowest BCUT2D eigenvalue weighted by Crippen LogP contribution is -2.27. The van der Waals surface area contributed by atoms with Crippen LogP contribution in [-0.2, 0) is 6.42 Å². The molecule has 1 aliphatic heterocycles. The van der Waals surface area contributed by atoms with Gasteiger partial charge in [-0.1, -0.05) is 35.9 Å². The molecule has 0 unspecified atom stereocenters. The molecule has 0 amide bonds. The Morgan fingerprint density at radius 2 is 1.95 bits per heavy atom. The largest absolute Gasteiger partial charge is 0.328 e. The molecule has 108 valence electrons. The molecular weight excluding hydrogens is 263 g/mol. The molecule has 0 bridgehead atoms. The summed E-state index contributed by atoms with van der Waals surface area (Å²) in [6.45, 7) is 3.74. The van der Waals surface area contributed by atoms with Gasteiger partial charge in [0.2, 0.25) is 0 Å². The van der Waals surface area contributed by atoms with Gasteiger partial charge in [0, 0.05) is 18.7 Å². The third-order valence-electron chi connectivity index (χ3n) is 3.77. The Kier molecular flexibility index (Phi) is 4.00. The Hall–Kier alpha value is -2.16. The highest BCUT2D eigenvalue weighted by molar-refractivity contribution is 5.99. The third-order valence-corrected chi connectivity index (χ3v) is 3.77. The van der Waals surface area contributed by atoms with Crippen LogP contribution in [-0.4, -0.2) is 18.9 Å². The minimum Gasteiger partial charge on any atom is -0.328 e. The van der Waals surface area contributed by atoms with Crippen molar-refractivity contribution in [3.8, 4) is 0 Å². The summed E-state index contributed by atoms with van der Waals surface area (Å²) in [5, 5.41) is 0. The molecular formula is C18H19FN2. The monoisotopic (exact) mass is 282 g/mol. The van der Waals surface area contributed by atoms with Crippen LogP contribution in [0.25, 0.3) is 0 Å². The summed E-state index contributed by atoms with van der Waals surface area (Å²) in [6.07, 6.45) is 1.85. The van der Waals surface area contributed by atoms with E-state index >= 15 is 0 Å². The average Bonchev–Trinajstić information content (AvgIpc) is 2.94. The second-order valence-corrected chi connectivity index (χ2v) is 5.42. The molecule has 0 aliphatic carbocycles. The van der Waals surface area contributed by atoms with Gasteiger partial charge in [-0.2, -0.15) is 0 Å². The van der Waals surface area contributed by atoms with Gasteiger partial charge in [-0.15, -0.1) is 0 Å². The molecule has 0 saturated carbocycles. The molecule has 3 rings (SSSR count). The summed E-state index contributed by atoms with van der Waals surface area (Å²) in [5.41, 5.74) is 3.50. The van der Waals surface area contributed by atoms with E-state index in [1.54, 1.807) is 12.1 Å². The lowest BCUT2D eigenvalue weighted by Gasteiger charge is -2.20. The minimum atomic E-state index is -0.197. The minimum absolute atomic E-state index is 0.197. The molecule has 2 aromatic carbocycles. The molecule has 0 atom stereocenters. The van der Waals surface area contributed by atoms with Crippen molar-refractivity contribution in [3.05, 3.63) is 65.5 Å². The Morgan fingerprint density at radius 3 is 2.76 bits per heavy atom. The Morgan fingerprint density at radius 1 is 1.10 bits per heavy atom. The fourth-order valence-corrected chi connectivity index (χ4v) is 2.75. The molecule has 1 aliphatic rings. The first-order chi connectivity index (χ1) is 10.2. The van der Waals surface area contributed by atoms with Gasteiger partial charge in [0.05, 0.1) is 6.54 Å². The Labute approximate surface area is 124 Å². The van der Waals surface area contributed by atoms with Crippen molar-refractivity contribution in [1.29, 1.82) is 0 Å². The quantitative estimate of drug-likeness (QED) is 0.828. The van der Waals surface area contributed by atoms with Crippen LogP contribution in [0, 0.1) is 12.7 Å². The van der Waals surface area contributed by atoms with Crippen LogP contribution in [0.2, 0.25) is 0 Å². The van der Waals surface area contributed by atoms with E-state index in [9.17, 15) is 4.39 Å². The molecule has 0 N–H and O–H groups in total. The van der Waals surface area contributed by atoms with Crippen LogP contribution >= 0.6 is 0 Å². The van der Waals surface area contributed by atoms with Crippen LogP contribution in [0.1, 0.15) is 17.5 Å². The van der Waals surface area contributed by atoms with Gasteiger partial charge in [-0.25, -0.2) is 4.39 Å². The van der Waals surface area contributed by atoms with Gasteiger partial charge in [-0.05, 0) is 37.1 Å². The second-order valence-electron chi connectivity index (χ2n) is 5.42. The highest BCUT2D eigenvalue weighted by Gasteiger charge is 2.18. The van der Waals surface area contributed by atoms with Crippen LogP contribution in [0.5, 0.6) is 0 Å². The molecule has 0 radical (unpaired) electrons. The van der Waals surface area contributed by atoms with E-state index in [0.717, 1.165) is 37.5 Å². The first-order valence-corrected chi connectivity index (χ1v) is 7.34. The zero-order valence-corrected chi connectivity index (χ0v) is 12.2. The zero-order valence-electron chi connectivity index (χ0n) is 12.2. The van der Waals surface area contributed by atoms with Gasteiger partial charge in [0.15, 0.2) is 0 Å². The summed E-state index contributed by atoms with van der Waals surface area (Å²) < 4.78 is 13.4. The lowest BCUT2D eigenvalue weighted by molar-refractivity contribution is 0.628. The first kappa shape index (κ1) is 13.8. The zero-order chi connectivity index (χ0) is 14.7. The molecule has 0 aromatic heterocycles. The van der Waals surface area contributed by atoms with Crippen molar-refractivity contribution < 1.29 is 4.39 Å². The normalized spacial score (nSPS) is 14.4. The van der Waals surface area contributed by atoms with E-state index in [1.807, 2.05) is 6.07 Å². The second kappa shape index (κ2) is 6.08. The van der Waals surface area contributed by atoms with Crippen molar-refractivity contribution in [2.45, 2.75) is 19.8 Å². The fraction of sp³-hybridized carbons (Fsp3) is 0.278. The van der Waals surface area contributed by atoms with E-state index in [-0.39, 0.29) is 5.82 Å². The van der Waals surface area contributed by atoms with Crippen molar-refractivity contribution in [2.75, 3.05) is 18.0 Å². The number of hydrogen-bond donors (Lipinski definition) is 0. The fourth-order valence-electron chi connectivity index (χ4n) is 2.75. The predicted molar refractivity (Wildman–Crippen MR) is 85.5 cm³/mol. The van der Waals surface area contributed by atoms with Crippen LogP contribution in [0.4, 0.5) is 10.1 Å². The number of halogens is 1. The number of aliphatic imine (C=N–C) groups is 1. The standard InChI is InChI=1S/C18H19FN2/c1-14-4-2-5-15(12-14)8-9-18-20-10-11-21(18)17-7-3-6-16(19)13-17/h2-7,12-13H,8-11H2,1H3. The van der Waals surface area contributed by atoms with Gasteiger partial charge >= 0.3 is 0 Å². The summed E-state index contributed by atoms with van der Waals surface area (Å²) in [7, 11) is 0. The number of hydrogen-bond acceptors (Lipinski definition) is 2. The van der Waals surface area contributed by atoms with E-state index in [1.165, 1.54) is 17.2 Å². The molecule has 2 nitrogen and oxygen atoms in total. The van der Waals surface area contributed by atoms with Crippen molar-refractivity contribution in [2.24, 2.45) is 4.99 Å². The molecule has 0 fully saturated rings. The summed E-state index contributed by atoms with van der Waals surface area (Å²) in [4.78, 5) is 6.70. The predicted octanol–water partition coefficient (Wildman–Crippen LogP) is 3.99. The first-order valence-electron chi connectivity index (χ1n) is 7.34. The molecule has 0 saturated heterocycles. The highest BCUT2D eigenvalue weighted by atomic mass is 19.1. The number of nitrogens with zero attached hydrogens (tertiary/aromatic N) is 2. The van der Waals surface area contributed by atoms with Gasteiger partial charge in [-0.3, -0.25) is 4.99 Å². The van der Waals surface area contributed by atoms with E-state index < -0.39 is 0 Å². The van der Waals surface area contributed by atoms with E-state index in [0.29, 0.717) is 0 Å². The van der Waals surface area contributed by atoms with Gasteiger partial charge < -0.3 is 4.90 Å². The number of anilines is 1. The van der Waals surface area contributed by atoms with E-state index in [2.05, 4.69) is 41.1 Å². The molecule has 1 heterocycles. The van der Waals surface area contributed by atoms with Crippen LogP contribution < -0.4 is 4.90 Å². The van der Waals surface area contributed by atoms with Crippen LogP contribution in [0.3, 0.4) is 0 Å². The Balaban J connectivity index is 1.70. The third kappa shape index (κ3) is 3.30. The van der Waals surface area contributed by atoms with E-state index in [4.69, 9.17) is 0 Å². The lowest BCUT2D eigenvalue weighted by atomic mass is 10.1. The van der Waals surface area contributed by atoms with Crippen molar-refractivity contribution >= 4 is 11.5 Å². The van der Waals surface area contributed by atoms with Crippen molar-refractivity contribution in [1.82, 2.24) is 0 Å². The maximum atomic E-state index is 13.4. The molecule has 3 heteroatoms. The van der Waals surface area contributed by atoms with Gasteiger partial charge in [0.25, 0.3) is 0 Å². The summed E-state index contributed by atoms with van der Waals surface area (Å²) in [6, 6.07) is 15.3. The van der Waals surface area contributed by atoms with Crippen LogP contribution in [0.15, 0.2) is 53.5 Å². The highest BCUT2D eigenvalue weighted by Crippen LogP contribution is 2.21. The maximum Gasteiger partial charge on any atom is 0.125 e. The Bertz CT molecular complexity index is 664. The summed E-state index contributed by atoms with van der Waals surface area (Å²) >= 11 is 0. The maximum absolute atomic E-state index is 13.4. The average molecular weight is 282 g/mol. The number of rotatable bonds is 4. The number of amidine groups is 1. The topological polar surface area (TPSA) is 15.6 Å². The smallest absolute Gasteiger partial charge is 0.125 e. The molecule has 2 aromatic rings. The van der Waals surface area contributed by atoms with Crippen molar-refractivity contribution in [3.63, 3.8) is 0 Å². The SMILES string of the molecule is Cc1cccc(CCC2=NCCN2c2cccc(F)c2)c1. The number of benzene rings is 2. The molecule has 21 heavy (non-hydrogen) atoms. The number of aryl methyl sites for hydroxylation is 2. The summed E-state index contributed by atoms with van der Waals surface area (Å²) in [5.74, 6) is 0.861. The molecule has 0 spiro atoms.